The van der Waals surface area contributed by atoms with Crippen molar-refractivity contribution in [2.45, 2.75) is 0 Å². The van der Waals surface area contributed by atoms with Gasteiger partial charge in [0.25, 0.3) is 5.91 Å². The SMILES string of the molecule is CN1C(=O)C(=C2Oc3ccc(-c4ccccc4)cc3N2C)SC1=S. The lowest BCUT2D eigenvalue weighted by Crippen LogP contribution is -2.24. The smallest absolute Gasteiger partial charge is 0.271 e. The zero-order valence-electron chi connectivity index (χ0n) is 13.1. The van der Waals surface area contributed by atoms with Crippen molar-refractivity contribution in [1.82, 2.24) is 4.90 Å². The Balaban J connectivity index is 1.75. The van der Waals surface area contributed by atoms with Gasteiger partial charge in [-0.3, -0.25) is 9.69 Å². The molecule has 2 heterocycles. The summed E-state index contributed by atoms with van der Waals surface area (Å²) in [5.41, 5.74) is 3.18. The van der Waals surface area contributed by atoms with Crippen molar-refractivity contribution >= 4 is 39.9 Å². The number of likely N-dealkylation sites (N-methyl/N-ethyl adjacent to an activating group) is 1. The van der Waals surface area contributed by atoms with Gasteiger partial charge in [-0.2, -0.15) is 0 Å². The fourth-order valence-electron chi connectivity index (χ4n) is 2.73. The number of hydrogen-bond acceptors (Lipinski definition) is 5. The first kappa shape index (κ1) is 15.2. The van der Waals surface area contributed by atoms with Gasteiger partial charge in [0, 0.05) is 14.1 Å². The average Bonchev–Trinajstić information content (AvgIpc) is 3.07. The fraction of sp³-hybridized carbons (Fsp3) is 0.111. The van der Waals surface area contributed by atoms with Gasteiger partial charge in [-0.15, -0.1) is 0 Å². The van der Waals surface area contributed by atoms with Crippen molar-refractivity contribution in [3.05, 3.63) is 59.3 Å². The molecule has 2 aromatic carbocycles. The molecule has 2 aromatic rings. The number of rotatable bonds is 1. The van der Waals surface area contributed by atoms with Crippen LogP contribution in [-0.2, 0) is 4.79 Å². The Morgan fingerprint density at radius 2 is 1.75 bits per heavy atom. The Labute approximate surface area is 149 Å². The minimum Gasteiger partial charge on any atom is -0.437 e. The van der Waals surface area contributed by atoms with Gasteiger partial charge in [-0.05, 0) is 35.0 Å². The molecule has 4 rings (SSSR count). The van der Waals surface area contributed by atoms with Crippen LogP contribution in [-0.4, -0.2) is 29.2 Å². The minimum atomic E-state index is -0.122. The molecule has 0 spiro atoms. The van der Waals surface area contributed by atoms with E-state index >= 15 is 0 Å². The van der Waals surface area contributed by atoms with Gasteiger partial charge in [0.2, 0.25) is 5.88 Å². The molecule has 0 atom stereocenters. The van der Waals surface area contributed by atoms with Gasteiger partial charge < -0.3 is 9.64 Å². The third-order valence-corrected chi connectivity index (χ3v) is 5.62. The highest BCUT2D eigenvalue weighted by molar-refractivity contribution is 8.26. The molecule has 2 aliphatic rings. The van der Waals surface area contributed by atoms with Crippen molar-refractivity contribution in [1.29, 1.82) is 0 Å². The van der Waals surface area contributed by atoms with Crippen LogP contribution >= 0.6 is 24.0 Å². The summed E-state index contributed by atoms with van der Waals surface area (Å²) in [7, 11) is 3.58. The van der Waals surface area contributed by atoms with E-state index in [1.54, 1.807) is 7.05 Å². The number of ether oxygens (including phenoxy) is 1. The molecule has 0 aromatic heterocycles. The van der Waals surface area contributed by atoms with E-state index in [9.17, 15) is 4.79 Å². The molecule has 120 valence electrons. The van der Waals surface area contributed by atoms with E-state index in [4.69, 9.17) is 17.0 Å². The lowest BCUT2D eigenvalue weighted by Gasteiger charge is -2.13. The summed E-state index contributed by atoms with van der Waals surface area (Å²) in [5.74, 6) is 1.16. The maximum absolute atomic E-state index is 12.3. The maximum Gasteiger partial charge on any atom is 0.271 e. The molecule has 0 radical (unpaired) electrons. The van der Waals surface area contributed by atoms with Gasteiger partial charge in [-0.25, -0.2) is 0 Å². The van der Waals surface area contributed by atoms with Crippen molar-refractivity contribution in [2.75, 3.05) is 19.0 Å². The van der Waals surface area contributed by atoms with Crippen LogP contribution in [0.25, 0.3) is 11.1 Å². The molecule has 1 amide bonds. The number of nitrogens with zero attached hydrogens (tertiary/aromatic N) is 2. The topological polar surface area (TPSA) is 32.8 Å². The standard InChI is InChI=1S/C18H14N2O2S2/c1-19-13-10-12(11-6-4-3-5-7-11)8-9-14(13)22-17(19)15-16(21)20(2)18(23)24-15/h3-10H,1-2H3. The highest BCUT2D eigenvalue weighted by atomic mass is 32.2. The Morgan fingerprint density at radius 3 is 2.42 bits per heavy atom. The van der Waals surface area contributed by atoms with Crippen LogP contribution in [0.5, 0.6) is 5.75 Å². The first-order valence-electron chi connectivity index (χ1n) is 7.41. The van der Waals surface area contributed by atoms with Crippen LogP contribution in [0.1, 0.15) is 0 Å². The third kappa shape index (κ3) is 2.30. The zero-order valence-corrected chi connectivity index (χ0v) is 14.8. The number of amides is 1. The van der Waals surface area contributed by atoms with E-state index in [-0.39, 0.29) is 5.91 Å². The van der Waals surface area contributed by atoms with Crippen molar-refractivity contribution in [3.8, 4) is 16.9 Å². The summed E-state index contributed by atoms with van der Waals surface area (Å²) < 4.78 is 6.48. The van der Waals surface area contributed by atoms with Crippen LogP contribution < -0.4 is 9.64 Å². The maximum atomic E-state index is 12.3. The number of hydrogen-bond donors (Lipinski definition) is 0. The largest absolute Gasteiger partial charge is 0.437 e. The average molecular weight is 354 g/mol. The van der Waals surface area contributed by atoms with Crippen LogP contribution in [0.2, 0.25) is 0 Å². The van der Waals surface area contributed by atoms with Crippen LogP contribution in [0.15, 0.2) is 59.3 Å². The van der Waals surface area contributed by atoms with Crippen molar-refractivity contribution < 1.29 is 9.53 Å². The van der Waals surface area contributed by atoms with E-state index in [1.165, 1.54) is 16.7 Å². The van der Waals surface area contributed by atoms with Gasteiger partial charge in [0.05, 0.1) is 5.69 Å². The Bertz CT molecular complexity index is 893. The van der Waals surface area contributed by atoms with Crippen LogP contribution in [0.3, 0.4) is 0 Å². The summed E-state index contributed by atoms with van der Waals surface area (Å²) in [6.07, 6.45) is 0. The Hall–Kier alpha value is -2.31. The number of thiocarbonyl (C=S) groups is 1. The molecular weight excluding hydrogens is 340 g/mol. The van der Waals surface area contributed by atoms with Crippen LogP contribution in [0, 0.1) is 0 Å². The number of thioether (sulfide) groups is 1. The predicted molar refractivity (Wildman–Crippen MR) is 101 cm³/mol. The fourth-order valence-corrected chi connectivity index (χ4v) is 3.94. The number of carbonyl (C=O) groups excluding carboxylic acids is 1. The number of benzene rings is 2. The highest BCUT2D eigenvalue weighted by Gasteiger charge is 2.37. The molecule has 24 heavy (non-hydrogen) atoms. The Kier molecular flexibility index (Phi) is 3.58. The first-order chi connectivity index (χ1) is 11.6. The molecule has 0 N–H and O–H groups in total. The van der Waals surface area contributed by atoms with Crippen LogP contribution in [0.4, 0.5) is 5.69 Å². The zero-order chi connectivity index (χ0) is 16.8. The van der Waals surface area contributed by atoms with E-state index in [0.717, 1.165) is 22.6 Å². The normalized spacial score (nSPS) is 19.8. The highest BCUT2D eigenvalue weighted by Crippen LogP contribution is 2.44. The second-order valence-corrected chi connectivity index (χ2v) is 7.22. The predicted octanol–water partition coefficient (Wildman–Crippen LogP) is 3.84. The summed E-state index contributed by atoms with van der Waals surface area (Å²) in [6, 6.07) is 16.2. The summed E-state index contributed by atoms with van der Waals surface area (Å²) in [5, 5.41) is 0. The molecule has 4 nitrogen and oxygen atoms in total. The molecule has 0 saturated carbocycles. The second-order valence-electron chi connectivity index (χ2n) is 5.58. The molecular formula is C18H14N2O2S2. The van der Waals surface area contributed by atoms with Crippen molar-refractivity contribution in [2.24, 2.45) is 0 Å². The number of fused-ring (bicyclic) bond motifs is 1. The molecule has 1 fully saturated rings. The summed E-state index contributed by atoms with van der Waals surface area (Å²) in [6.45, 7) is 0. The first-order valence-corrected chi connectivity index (χ1v) is 8.64. The van der Waals surface area contributed by atoms with Crippen molar-refractivity contribution in [3.63, 3.8) is 0 Å². The quantitative estimate of drug-likeness (QED) is 0.574. The van der Waals surface area contributed by atoms with E-state index < -0.39 is 0 Å². The Morgan fingerprint density at radius 1 is 1.00 bits per heavy atom. The monoisotopic (exact) mass is 354 g/mol. The number of carbonyl (C=O) groups is 1. The second kappa shape index (κ2) is 5.65. The summed E-state index contributed by atoms with van der Waals surface area (Å²) >= 11 is 6.48. The minimum absolute atomic E-state index is 0.122. The summed E-state index contributed by atoms with van der Waals surface area (Å²) in [4.78, 5) is 16.2. The lowest BCUT2D eigenvalue weighted by molar-refractivity contribution is -0.121. The molecule has 2 aliphatic heterocycles. The number of anilines is 1. The van der Waals surface area contributed by atoms with Gasteiger partial charge in [0.1, 0.15) is 9.23 Å². The van der Waals surface area contributed by atoms with Gasteiger partial charge >= 0.3 is 0 Å². The van der Waals surface area contributed by atoms with Gasteiger partial charge in [0.15, 0.2) is 5.75 Å². The molecule has 0 bridgehead atoms. The van der Waals surface area contributed by atoms with E-state index in [0.29, 0.717) is 15.1 Å². The molecule has 6 heteroatoms. The van der Waals surface area contributed by atoms with E-state index in [2.05, 4.69) is 18.2 Å². The van der Waals surface area contributed by atoms with Gasteiger partial charge in [-0.1, -0.05) is 48.6 Å². The lowest BCUT2D eigenvalue weighted by atomic mass is 10.0. The molecule has 1 saturated heterocycles. The molecule has 0 aliphatic carbocycles. The third-order valence-electron chi connectivity index (χ3n) is 4.10. The van der Waals surface area contributed by atoms with E-state index in [1.807, 2.05) is 42.3 Å². The molecule has 0 unspecified atom stereocenters.